The Bertz CT molecular complexity index is 628. The van der Waals surface area contributed by atoms with E-state index in [1.165, 1.54) is 0 Å². The first-order chi connectivity index (χ1) is 8.60. The van der Waals surface area contributed by atoms with Crippen LogP contribution in [0.1, 0.15) is 5.69 Å². The molecule has 1 aromatic carbocycles. The van der Waals surface area contributed by atoms with Gasteiger partial charge in [0.05, 0.1) is 16.7 Å². The zero-order valence-electron chi connectivity index (χ0n) is 9.54. The Balaban J connectivity index is 2.49. The number of rotatable bonds is 3. The molecule has 0 bridgehead atoms. The number of H-pyrrole nitrogens is 1. The minimum Gasteiger partial charge on any atom is -0.378 e. The summed E-state index contributed by atoms with van der Waals surface area (Å²) in [6, 6.07) is 7.06. The van der Waals surface area contributed by atoms with Crippen LogP contribution in [0.5, 0.6) is 0 Å². The predicted molar refractivity (Wildman–Crippen MR) is 75.6 cm³/mol. The molecule has 0 spiro atoms. The van der Waals surface area contributed by atoms with Crippen LogP contribution in [0.2, 0.25) is 10.0 Å². The van der Waals surface area contributed by atoms with Crippen molar-refractivity contribution in [3.63, 3.8) is 0 Å². The van der Waals surface area contributed by atoms with Crippen molar-refractivity contribution in [3.8, 4) is 11.4 Å². The highest BCUT2D eigenvalue weighted by molar-refractivity contribution is 7.71. The number of benzene rings is 1. The average molecular weight is 301 g/mol. The van der Waals surface area contributed by atoms with E-state index < -0.39 is 0 Å². The van der Waals surface area contributed by atoms with Crippen LogP contribution < -0.4 is 0 Å². The van der Waals surface area contributed by atoms with Crippen LogP contribution in [-0.2, 0) is 11.3 Å². The van der Waals surface area contributed by atoms with Gasteiger partial charge in [0.1, 0.15) is 10.5 Å². The molecule has 2 aromatic rings. The molecule has 1 N–H and O–H groups in total. The highest BCUT2D eigenvalue weighted by atomic mass is 35.5. The van der Waals surface area contributed by atoms with Gasteiger partial charge in [0.15, 0.2) is 0 Å². The smallest absolute Gasteiger partial charge is 0.139 e. The molecular formula is C12H10Cl2N2OS. The van der Waals surface area contributed by atoms with Crippen molar-refractivity contribution in [3.05, 3.63) is 44.6 Å². The summed E-state index contributed by atoms with van der Waals surface area (Å²) in [5, 5.41) is 0.986. The number of aromatic nitrogens is 2. The van der Waals surface area contributed by atoms with Crippen LogP contribution >= 0.6 is 35.4 Å². The summed E-state index contributed by atoms with van der Waals surface area (Å²) in [6.45, 7) is 0.445. The molecule has 0 radical (unpaired) electrons. The highest BCUT2D eigenvalue weighted by Gasteiger charge is 2.05. The summed E-state index contributed by atoms with van der Waals surface area (Å²) >= 11 is 17.0. The van der Waals surface area contributed by atoms with Crippen molar-refractivity contribution in [2.75, 3.05) is 7.11 Å². The molecule has 0 amide bonds. The molecule has 0 saturated heterocycles. The largest absolute Gasteiger partial charge is 0.378 e. The lowest BCUT2D eigenvalue weighted by Crippen LogP contribution is -1.97. The standard InChI is InChI=1S/C12H10Cl2N2OS/c1-17-6-8-5-11(18)16-12(15-8)7-2-3-9(13)10(14)4-7/h2-5H,6H2,1H3,(H,15,16,18). The van der Waals surface area contributed by atoms with E-state index >= 15 is 0 Å². The van der Waals surface area contributed by atoms with Crippen LogP contribution in [0.25, 0.3) is 11.4 Å². The second-order valence-corrected chi connectivity index (χ2v) is 4.89. The first-order valence-corrected chi connectivity index (χ1v) is 6.31. The van der Waals surface area contributed by atoms with Gasteiger partial charge in [0.25, 0.3) is 0 Å². The van der Waals surface area contributed by atoms with Gasteiger partial charge in [0.2, 0.25) is 0 Å². The Morgan fingerprint density at radius 3 is 2.72 bits per heavy atom. The van der Waals surface area contributed by atoms with Gasteiger partial charge < -0.3 is 9.72 Å². The number of halogens is 2. The van der Waals surface area contributed by atoms with Gasteiger partial charge >= 0.3 is 0 Å². The Morgan fingerprint density at radius 2 is 2.06 bits per heavy atom. The fourth-order valence-electron chi connectivity index (χ4n) is 1.52. The van der Waals surface area contributed by atoms with Crippen LogP contribution in [0.15, 0.2) is 24.3 Å². The topological polar surface area (TPSA) is 37.9 Å². The Kier molecular flexibility index (Phi) is 4.35. The molecule has 18 heavy (non-hydrogen) atoms. The lowest BCUT2D eigenvalue weighted by Gasteiger charge is -2.06. The zero-order valence-corrected chi connectivity index (χ0v) is 11.9. The molecule has 6 heteroatoms. The number of nitrogens with zero attached hydrogens (tertiary/aromatic N) is 1. The van der Waals surface area contributed by atoms with E-state index in [9.17, 15) is 0 Å². The summed E-state index contributed by atoms with van der Waals surface area (Å²) in [6.07, 6.45) is 0. The molecule has 94 valence electrons. The van der Waals surface area contributed by atoms with Crippen molar-refractivity contribution in [2.45, 2.75) is 6.61 Å². The molecule has 0 aliphatic rings. The van der Waals surface area contributed by atoms with Crippen molar-refractivity contribution in [1.82, 2.24) is 9.97 Å². The third kappa shape index (κ3) is 3.09. The number of aromatic amines is 1. The molecule has 1 aromatic heterocycles. The summed E-state index contributed by atoms with van der Waals surface area (Å²) in [5.41, 5.74) is 1.69. The Labute approximate surface area is 120 Å². The van der Waals surface area contributed by atoms with Gasteiger partial charge in [-0.05, 0) is 24.3 Å². The highest BCUT2D eigenvalue weighted by Crippen LogP contribution is 2.26. The fraction of sp³-hybridized carbons (Fsp3) is 0.167. The second kappa shape index (κ2) is 5.80. The minimum atomic E-state index is 0.445. The van der Waals surface area contributed by atoms with Gasteiger partial charge in [-0.25, -0.2) is 4.98 Å². The molecule has 3 nitrogen and oxygen atoms in total. The maximum Gasteiger partial charge on any atom is 0.139 e. The summed E-state index contributed by atoms with van der Waals surface area (Å²) < 4.78 is 5.57. The van der Waals surface area contributed by atoms with Crippen molar-refractivity contribution in [1.29, 1.82) is 0 Å². The van der Waals surface area contributed by atoms with E-state index in [1.54, 1.807) is 25.3 Å². The Morgan fingerprint density at radius 1 is 1.28 bits per heavy atom. The summed E-state index contributed by atoms with van der Waals surface area (Å²) in [5.74, 6) is 0.646. The van der Waals surface area contributed by atoms with E-state index in [0.29, 0.717) is 27.1 Å². The van der Waals surface area contributed by atoms with Gasteiger partial charge in [-0.3, -0.25) is 0 Å². The van der Waals surface area contributed by atoms with Crippen LogP contribution in [0.4, 0.5) is 0 Å². The van der Waals surface area contributed by atoms with E-state index in [4.69, 9.17) is 40.2 Å². The number of methoxy groups -OCH3 is 1. The molecule has 0 atom stereocenters. The predicted octanol–water partition coefficient (Wildman–Crippen LogP) is 4.26. The van der Waals surface area contributed by atoms with Gasteiger partial charge in [-0.15, -0.1) is 0 Å². The second-order valence-electron chi connectivity index (χ2n) is 3.66. The molecule has 0 aliphatic carbocycles. The van der Waals surface area contributed by atoms with Gasteiger partial charge in [0, 0.05) is 18.4 Å². The van der Waals surface area contributed by atoms with E-state index in [-0.39, 0.29) is 0 Å². The van der Waals surface area contributed by atoms with E-state index in [0.717, 1.165) is 11.3 Å². The lowest BCUT2D eigenvalue weighted by atomic mass is 10.2. The third-order valence-electron chi connectivity index (χ3n) is 2.29. The van der Waals surface area contributed by atoms with Gasteiger partial charge in [-0.1, -0.05) is 35.4 Å². The normalized spacial score (nSPS) is 10.6. The summed E-state index contributed by atoms with van der Waals surface area (Å²) in [4.78, 5) is 7.40. The van der Waals surface area contributed by atoms with Crippen LogP contribution in [-0.4, -0.2) is 17.1 Å². The first kappa shape index (κ1) is 13.5. The number of hydrogen-bond donors (Lipinski definition) is 1. The van der Waals surface area contributed by atoms with Crippen molar-refractivity contribution < 1.29 is 4.74 Å². The first-order valence-electron chi connectivity index (χ1n) is 5.15. The minimum absolute atomic E-state index is 0.445. The molecule has 0 saturated carbocycles. The third-order valence-corrected chi connectivity index (χ3v) is 3.24. The monoisotopic (exact) mass is 300 g/mol. The molecule has 2 rings (SSSR count). The average Bonchev–Trinajstić information content (AvgIpc) is 2.32. The molecule has 0 fully saturated rings. The van der Waals surface area contributed by atoms with Crippen molar-refractivity contribution >= 4 is 35.4 Å². The molecule has 1 heterocycles. The summed E-state index contributed by atoms with van der Waals surface area (Å²) in [7, 11) is 1.62. The molecule has 0 aliphatic heterocycles. The molecule has 0 unspecified atom stereocenters. The van der Waals surface area contributed by atoms with Crippen LogP contribution in [0, 0.1) is 4.64 Å². The lowest BCUT2D eigenvalue weighted by molar-refractivity contribution is 0.181. The zero-order chi connectivity index (χ0) is 13.1. The SMILES string of the molecule is COCc1cc(=S)nc(-c2ccc(Cl)c(Cl)c2)[nH]1. The van der Waals surface area contributed by atoms with Crippen LogP contribution in [0.3, 0.4) is 0 Å². The van der Waals surface area contributed by atoms with E-state index in [2.05, 4.69) is 9.97 Å². The number of hydrogen-bond acceptors (Lipinski definition) is 3. The maximum atomic E-state index is 5.98. The fourth-order valence-corrected chi connectivity index (χ4v) is 2.05. The quantitative estimate of drug-likeness (QED) is 0.861. The van der Waals surface area contributed by atoms with Crippen molar-refractivity contribution in [2.24, 2.45) is 0 Å². The Hall–Kier alpha value is -0.940. The number of nitrogens with one attached hydrogen (secondary N) is 1. The van der Waals surface area contributed by atoms with E-state index in [1.807, 2.05) is 6.07 Å². The maximum absolute atomic E-state index is 5.98. The number of ether oxygens (including phenoxy) is 1. The molecular weight excluding hydrogens is 291 g/mol. The van der Waals surface area contributed by atoms with Gasteiger partial charge in [-0.2, -0.15) is 0 Å².